The van der Waals surface area contributed by atoms with E-state index in [0.29, 0.717) is 19.6 Å². The van der Waals surface area contributed by atoms with Crippen LogP contribution in [0.3, 0.4) is 0 Å². The van der Waals surface area contributed by atoms with E-state index in [0.717, 1.165) is 12.0 Å². The molecule has 1 unspecified atom stereocenters. The van der Waals surface area contributed by atoms with Gasteiger partial charge in [0, 0.05) is 19.6 Å². The van der Waals surface area contributed by atoms with E-state index < -0.39 is 0 Å². The molecule has 0 aliphatic heterocycles. The first-order valence-corrected chi connectivity index (χ1v) is 7.40. The predicted octanol–water partition coefficient (Wildman–Crippen LogP) is 2.31. The van der Waals surface area contributed by atoms with E-state index in [2.05, 4.69) is 12.1 Å². The van der Waals surface area contributed by atoms with Crippen molar-refractivity contribution in [3.05, 3.63) is 71.3 Å². The Hall–Kier alpha value is -2.13. The van der Waals surface area contributed by atoms with E-state index >= 15 is 0 Å². The Morgan fingerprint density at radius 3 is 2.52 bits per heavy atom. The Morgan fingerprint density at radius 1 is 1.10 bits per heavy atom. The second-order valence-electron chi connectivity index (χ2n) is 5.49. The van der Waals surface area contributed by atoms with Crippen molar-refractivity contribution in [3.63, 3.8) is 0 Å². The molecule has 3 rings (SSSR count). The lowest BCUT2D eigenvalue weighted by atomic mass is 9.77. The van der Waals surface area contributed by atoms with E-state index in [1.54, 1.807) is 0 Å². The smallest absolute Gasteiger partial charge is 0.230 e. The molecule has 0 bridgehead atoms. The quantitative estimate of drug-likeness (QED) is 0.913. The minimum Gasteiger partial charge on any atom is -0.337 e. The first kappa shape index (κ1) is 13.8. The van der Waals surface area contributed by atoms with Crippen LogP contribution in [0.5, 0.6) is 0 Å². The van der Waals surface area contributed by atoms with Crippen LogP contribution < -0.4 is 5.73 Å². The first-order chi connectivity index (χ1) is 10.3. The highest BCUT2D eigenvalue weighted by Crippen LogP contribution is 2.36. The molecule has 0 radical (unpaired) electrons. The third-order valence-corrected chi connectivity index (χ3v) is 4.08. The van der Waals surface area contributed by atoms with Gasteiger partial charge in [-0.2, -0.15) is 0 Å². The highest BCUT2D eigenvalue weighted by atomic mass is 16.2. The summed E-state index contributed by atoms with van der Waals surface area (Å²) in [6, 6.07) is 18.3. The van der Waals surface area contributed by atoms with Crippen LogP contribution >= 0.6 is 0 Å². The van der Waals surface area contributed by atoms with E-state index in [1.165, 1.54) is 11.1 Å². The molecule has 0 spiro atoms. The van der Waals surface area contributed by atoms with Crippen molar-refractivity contribution in [2.45, 2.75) is 18.9 Å². The molecular weight excluding hydrogens is 260 g/mol. The standard InChI is InChI=1S/C18H20N2O/c19-10-11-20(13-14-6-2-1-3-7-14)18(21)17-12-15-8-4-5-9-16(15)17/h1-9,17H,10-13,19H2. The zero-order valence-electron chi connectivity index (χ0n) is 12.0. The van der Waals surface area contributed by atoms with Crippen molar-refractivity contribution in [3.8, 4) is 0 Å². The average molecular weight is 280 g/mol. The number of rotatable bonds is 5. The summed E-state index contributed by atoms with van der Waals surface area (Å²) in [5.74, 6) is 0.208. The number of amides is 1. The van der Waals surface area contributed by atoms with Crippen LogP contribution in [0.15, 0.2) is 54.6 Å². The Balaban J connectivity index is 1.74. The molecule has 1 amide bonds. The largest absolute Gasteiger partial charge is 0.337 e. The van der Waals surface area contributed by atoms with Gasteiger partial charge in [0.25, 0.3) is 0 Å². The van der Waals surface area contributed by atoms with Gasteiger partial charge in [0.05, 0.1) is 5.92 Å². The minimum absolute atomic E-state index is 0.0106. The zero-order chi connectivity index (χ0) is 14.7. The predicted molar refractivity (Wildman–Crippen MR) is 83.8 cm³/mol. The van der Waals surface area contributed by atoms with Gasteiger partial charge >= 0.3 is 0 Å². The number of benzene rings is 2. The molecule has 0 fully saturated rings. The van der Waals surface area contributed by atoms with Crippen LogP contribution in [-0.2, 0) is 17.8 Å². The van der Waals surface area contributed by atoms with E-state index in [9.17, 15) is 4.79 Å². The zero-order valence-corrected chi connectivity index (χ0v) is 12.0. The molecule has 2 aromatic rings. The second-order valence-corrected chi connectivity index (χ2v) is 5.49. The molecule has 1 aliphatic rings. The van der Waals surface area contributed by atoms with Crippen molar-refractivity contribution in [2.24, 2.45) is 5.73 Å². The van der Waals surface area contributed by atoms with Gasteiger partial charge in [0.1, 0.15) is 0 Å². The summed E-state index contributed by atoms with van der Waals surface area (Å²) in [5, 5.41) is 0. The van der Waals surface area contributed by atoms with Gasteiger partial charge in [-0.05, 0) is 23.1 Å². The summed E-state index contributed by atoms with van der Waals surface area (Å²) in [4.78, 5) is 14.6. The van der Waals surface area contributed by atoms with Crippen LogP contribution in [-0.4, -0.2) is 23.9 Å². The highest BCUT2D eigenvalue weighted by Gasteiger charge is 2.34. The minimum atomic E-state index is 0.0106. The van der Waals surface area contributed by atoms with E-state index in [1.807, 2.05) is 47.4 Å². The molecule has 0 saturated heterocycles. The van der Waals surface area contributed by atoms with Crippen molar-refractivity contribution < 1.29 is 4.79 Å². The maximum atomic E-state index is 12.8. The molecule has 1 aliphatic carbocycles. The molecule has 2 aromatic carbocycles. The summed E-state index contributed by atoms with van der Waals surface area (Å²) in [6.45, 7) is 1.73. The van der Waals surface area contributed by atoms with Gasteiger partial charge in [-0.1, -0.05) is 54.6 Å². The lowest BCUT2D eigenvalue weighted by molar-refractivity contribution is -0.133. The van der Waals surface area contributed by atoms with E-state index in [-0.39, 0.29) is 11.8 Å². The fraction of sp³-hybridized carbons (Fsp3) is 0.278. The molecule has 2 N–H and O–H groups in total. The Morgan fingerprint density at radius 2 is 1.81 bits per heavy atom. The number of nitrogens with two attached hydrogens (primary N) is 1. The summed E-state index contributed by atoms with van der Waals surface area (Å²) < 4.78 is 0. The summed E-state index contributed by atoms with van der Waals surface area (Å²) >= 11 is 0. The SMILES string of the molecule is NCCN(Cc1ccccc1)C(=O)C1Cc2ccccc21. The Kier molecular flexibility index (Phi) is 4.02. The molecule has 0 saturated carbocycles. The number of carbonyl (C=O) groups excluding carboxylic acids is 1. The lowest BCUT2D eigenvalue weighted by Crippen LogP contribution is -2.41. The number of nitrogens with zero attached hydrogens (tertiary/aromatic N) is 1. The van der Waals surface area contributed by atoms with Gasteiger partial charge in [-0.3, -0.25) is 4.79 Å². The molecule has 21 heavy (non-hydrogen) atoms. The maximum absolute atomic E-state index is 12.8. The van der Waals surface area contributed by atoms with Crippen LogP contribution in [0.4, 0.5) is 0 Å². The molecular formula is C18H20N2O. The Bertz CT molecular complexity index is 624. The normalized spacial score (nSPS) is 16.0. The number of hydrogen-bond acceptors (Lipinski definition) is 2. The van der Waals surface area contributed by atoms with E-state index in [4.69, 9.17) is 5.73 Å². The van der Waals surface area contributed by atoms with Crippen molar-refractivity contribution in [2.75, 3.05) is 13.1 Å². The average Bonchev–Trinajstić information content (AvgIpc) is 2.49. The molecule has 3 nitrogen and oxygen atoms in total. The van der Waals surface area contributed by atoms with Gasteiger partial charge < -0.3 is 10.6 Å². The second kappa shape index (κ2) is 6.10. The number of carbonyl (C=O) groups is 1. The molecule has 0 heterocycles. The highest BCUT2D eigenvalue weighted by molar-refractivity contribution is 5.87. The fourth-order valence-electron chi connectivity index (χ4n) is 2.93. The van der Waals surface area contributed by atoms with Crippen LogP contribution in [0, 0.1) is 0 Å². The molecule has 108 valence electrons. The molecule has 1 atom stereocenters. The van der Waals surface area contributed by atoms with Crippen LogP contribution in [0.1, 0.15) is 22.6 Å². The fourth-order valence-corrected chi connectivity index (χ4v) is 2.93. The maximum Gasteiger partial charge on any atom is 0.230 e. The summed E-state index contributed by atoms with van der Waals surface area (Å²) in [5.41, 5.74) is 9.30. The van der Waals surface area contributed by atoms with Gasteiger partial charge in [-0.25, -0.2) is 0 Å². The van der Waals surface area contributed by atoms with Crippen molar-refractivity contribution in [1.29, 1.82) is 0 Å². The van der Waals surface area contributed by atoms with Crippen molar-refractivity contribution >= 4 is 5.91 Å². The number of fused-ring (bicyclic) bond motifs is 1. The molecule has 3 heteroatoms. The Labute approximate surface area is 125 Å². The summed E-state index contributed by atoms with van der Waals surface area (Å²) in [7, 11) is 0. The lowest BCUT2D eigenvalue weighted by Gasteiger charge is -2.34. The molecule has 0 aromatic heterocycles. The number of hydrogen-bond donors (Lipinski definition) is 1. The third-order valence-electron chi connectivity index (χ3n) is 4.08. The monoisotopic (exact) mass is 280 g/mol. The summed E-state index contributed by atoms with van der Waals surface area (Å²) in [6.07, 6.45) is 0.852. The van der Waals surface area contributed by atoms with Gasteiger partial charge in [0.15, 0.2) is 0 Å². The first-order valence-electron chi connectivity index (χ1n) is 7.40. The topological polar surface area (TPSA) is 46.3 Å². The van der Waals surface area contributed by atoms with Gasteiger partial charge in [0.2, 0.25) is 5.91 Å². The van der Waals surface area contributed by atoms with Crippen molar-refractivity contribution in [1.82, 2.24) is 4.90 Å². The van der Waals surface area contributed by atoms with Crippen LogP contribution in [0.25, 0.3) is 0 Å². The third kappa shape index (κ3) is 2.83. The van der Waals surface area contributed by atoms with Gasteiger partial charge in [-0.15, -0.1) is 0 Å². The van der Waals surface area contributed by atoms with Crippen LogP contribution in [0.2, 0.25) is 0 Å².